The van der Waals surface area contributed by atoms with Gasteiger partial charge in [0, 0.05) is 36.0 Å². The molecule has 1 amide bonds. The van der Waals surface area contributed by atoms with Crippen LogP contribution in [0.4, 0.5) is 27.6 Å². The van der Waals surface area contributed by atoms with E-state index in [1.165, 1.54) is 12.3 Å². The number of benzene rings is 1. The van der Waals surface area contributed by atoms with Crippen LogP contribution in [0.5, 0.6) is 0 Å². The smallest absolute Gasteiger partial charge is 0.417 e. The highest BCUT2D eigenvalue weighted by atomic mass is 19.4. The number of fused-ring (bicyclic) bond motifs is 1. The zero-order valence-corrected chi connectivity index (χ0v) is 21.2. The van der Waals surface area contributed by atoms with E-state index >= 15 is 0 Å². The van der Waals surface area contributed by atoms with Crippen molar-refractivity contribution in [3.8, 4) is 0 Å². The second kappa shape index (κ2) is 10.2. The van der Waals surface area contributed by atoms with Crippen LogP contribution in [0.25, 0.3) is 5.52 Å². The first-order valence-electron chi connectivity index (χ1n) is 13.1. The highest BCUT2D eigenvalue weighted by molar-refractivity contribution is 6.01. The maximum absolute atomic E-state index is 14.6. The van der Waals surface area contributed by atoms with Gasteiger partial charge in [0.05, 0.1) is 23.3 Å². The van der Waals surface area contributed by atoms with Crippen molar-refractivity contribution >= 4 is 17.1 Å². The molecule has 1 saturated heterocycles. The summed E-state index contributed by atoms with van der Waals surface area (Å²) in [7, 11) is 0. The summed E-state index contributed by atoms with van der Waals surface area (Å²) in [4.78, 5) is 15.2. The van der Waals surface area contributed by atoms with Crippen LogP contribution in [-0.2, 0) is 6.18 Å². The van der Waals surface area contributed by atoms with Gasteiger partial charge in [0.15, 0.2) is 0 Å². The molecule has 13 heteroatoms. The van der Waals surface area contributed by atoms with Crippen LogP contribution in [0.1, 0.15) is 78.2 Å². The fourth-order valence-electron chi connectivity index (χ4n) is 5.75. The van der Waals surface area contributed by atoms with Gasteiger partial charge < -0.3 is 14.6 Å². The van der Waals surface area contributed by atoms with E-state index in [1.54, 1.807) is 10.7 Å². The zero-order chi connectivity index (χ0) is 28.0. The van der Waals surface area contributed by atoms with Crippen LogP contribution in [0.3, 0.4) is 0 Å². The first-order chi connectivity index (χ1) is 19.2. The van der Waals surface area contributed by atoms with E-state index in [9.17, 15) is 26.7 Å². The van der Waals surface area contributed by atoms with Crippen molar-refractivity contribution in [2.45, 2.75) is 62.7 Å². The Morgan fingerprint density at radius 2 is 1.82 bits per heavy atom. The van der Waals surface area contributed by atoms with Crippen molar-refractivity contribution in [2.75, 3.05) is 11.4 Å². The minimum absolute atomic E-state index is 0.0365. The van der Waals surface area contributed by atoms with Crippen LogP contribution in [0, 0.1) is 11.6 Å². The molecule has 1 aromatic carbocycles. The number of aromatic nitrogens is 4. The first-order valence-corrected chi connectivity index (χ1v) is 13.1. The number of nitrogens with zero attached hydrogens (tertiary/aromatic N) is 5. The van der Waals surface area contributed by atoms with E-state index in [1.807, 2.05) is 17.0 Å². The Labute approximate surface area is 225 Å². The summed E-state index contributed by atoms with van der Waals surface area (Å²) in [5.74, 6) is -2.96. The molecule has 0 radical (unpaired) electrons. The van der Waals surface area contributed by atoms with E-state index in [-0.39, 0.29) is 29.8 Å². The molecule has 6 rings (SSSR count). The predicted octanol–water partition coefficient (Wildman–Crippen LogP) is 5.81. The van der Waals surface area contributed by atoms with Gasteiger partial charge in [-0.1, -0.05) is 0 Å². The molecule has 1 saturated carbocycles. The van der Waals surface area contributed by atoms with E-state index in [0.29, 0.717) is 55.3 Å². The number of halogens is 5. The number of amides is 1. The summed E-state index contributed by atoms with van der Waals surface area (Å²) in [6.45, 7) is 0.653. The molecule has 1 N–H and O–H groups in total. The molecule has 1 aliphatic carbocycles. The number of rotatable bonds is 5. The minimum atomic E-state index is -4.68. The highest BCUT2D eigenvalue weighted by Crippen LogP contribution is 2.38. The summed E-state index contributed by atoms with van der Waals surface area (Å²) in [5.41, 5.74) is 2.00. The molecular weight excluding hydrogens is 535 g/mol. The van der Waals surface area contributed by atoms with Gasteiger partial charge in [0.1, 0.15) is 11.6 Å². The van der Waals surface area contributed by atoms with Crippen molar-refractivity contribution < 1.29 is 31.2 Å². The number of hydrogen-bond acceptors (Lipinski definition) is 6. The quantitative estimate of drug-likeness (QED) is 0.310. The molecule has 1 aliphatic heterocycles. The lowest BCUT2D eigenvalue weighted by Gasteiger charge is -2.28. The SMILES string of the molecule is O=C(N[C@H]1CC[C@H](c2nnc(C(F)(F)F)o2)CC1)c1cnn2ccc(N3CCC[C@@H]3c3cc(F)ccc3F)cc12. The highest BCUT2D eigenvalue weighted by Gasteiger charge is 2.39. The Balaban J connectivity index is 1.15. The molecule has 0 spiro atoms. The summed E-state index contributed by atoms with van der Waals surface area (Å²) in [5, 5.41) is 14.0. The maximum Gasteiger partial charge on any atom is 0.470 e. The van der Waals surface area contributed by atoms with Crippen LogP contribution in [0.15, 0.2) is 47.1 Å². The fourth-order valence-corrected chi connectivity index (χ4v) is 5.75. The largest absolute Gasteiger partial charge is 0.470 e. The third kappa shape index (κ3) is 5.00. The van der Waals surface area contributed by atoms with Gasteiger partial charge in [-0.15, -0.1) is 10.2 Å². The minimum Gasteiger partial charge on any atom is -0.417 e. The number of nitrogens with one attached hydrogen (secondary N) is 1. The summed E-state index contributed by atoms with van der Waals surface area (Å²) < 4.78 is 73.2. The molecule has 4 heterocycles. The topological polar surface area (TPSA) is 88.6 Å². The molecule has 8 nitrogen and oxygen atoms in total. The summed E-state index contributed by atoms with van der Waals surface area (Å²) >= 11 is 0. The van der Waals surface area contributed by atoms with Gasteiger partial charge in [0.2, 0.25) is 5.89 Å². The van der Waals surface area contributed by atoms with Gasteiger partial charge in [-0.05, 0) is 68.9 Å². The Kier molecular flexibility index (Phi) is 6.67. The summed E-state index contributed by atoms with van der Waals surface area (Å²) in [6.07, 6.45) is 2.07. The van der Waals surface area contributed by atoms with Crippen molar-refractivity contribution in [2.24, 2.45) is 0 Å². The Morgan fingerprint density at radius 1 is 1.02 bits per heavy atom. The maximum atomic E-state index is 14.6. The van der Waals surface area contributed by atoms with Crippen LogP contribution in [0.2, 0.25) is 0 Å². The summed E-state index contributed by atoms with van der Waals surface area (Å²) in [6, 6.07) is 6.62. The van der Waals surface area contributed by atoms with Crippen molar-refractivity contribution in [3.63, 3.8) is 0 Å². The molecule has 2 fully saturated rings. The average molecular weight is 561 g/mol. The van der Waals surface area contributed by atoms with Gasteiger partial charge in [-0.2, -0.15) is 18.3 Å². The third-order valence-corrected chi connectivity index (χ3v) is 7.75. The van der Waals surface area contributed by atoms with Crippen LogP contribution < -0.4 is 10.2 Å². The second-order valence-electron chi connectivity index (χ2n) is 10.3. The Hall–Kier alpha value is -4.03. The average Bonchev–Trinajstić information content (AvgIpc) is 3.69. The zero-order valence-electron chi connectivity index (χ0n) is 21.2. The van der Waals surface area contributed by atoms with E-state index < -0.39 is 23.7 Å². The lowest BCUT2D eigenvalue weighted by Crippen LogP contribution is -2.37. The van der Waals surface area contributed by atoms with Crippen molar-refractivity contribution in [3.05, 3.63) is 77.3 Å². The molecule has 1 atom stereocenters. The third-order valence-electron chi connectivity index (χ3n) is 7.75. The molecule has 4 aromatic rings. The lowest BCUT2D eigenvalue weighted by molar-refractivity contribution is -0.157. The number of carbonyl (C=O) groups is 1. The van der Waals surface area contributed by atoms with Gasteiger partial charge in [-0.3, -0.25) is 4.79 Å². The van der Waals surface area contributed by atoms with Crippen LogP contribution >= 0.6 is 0 Å². The lowest BCUT2D eigenvalue weighted by atomic mass is 9.86. The van der Waals surface area contributed by atoms with Crippen LogP contribution in [-0.4, -0.2) is 38.3 Å². The van der Waals surface area contributed by atoms with Gasteiger partial charge in [0.25, 0.3) is 5.91 Å². The fraction of sp³-hybridized carbons (Fsp3) is 0.407. The van der Waals surface area contributed by atoms with Gasteiger partial charge in [-0.25, -0.2) is 13.3 Å². The molecule has 210 valence electrons. The van der Waals surface area contributed by atoms with Crippen molar-refractivity contribution in [1.29, 1.82) is 0 Å². The molecule has 40 heavy (non-hydrogen) atoms. The van der Waals surface area contributed by atoms with Gasteiger partial charge >= 0.3 is 12.1 Å². The van der Waals surface area contributed by atoms with E-state index in [0.717, 1.165) is 24.2 Å². The standard InChI is InChI=1S/C27H25F5N6O2/c28-16-5-8-21(29)19(12-16)22-2-1-10-37(22)18-9-11-38-23(13-18)20(14-33-38)24(39)34-17-6-3-15(4-7-17)25-35-36-26(40-25)27(30,31)32/h5,8-9,11-15,17,22H,1-4,6-7,10H2,(H,34,39)/t15-,17-,22-/m1/s1. The molecule has 0 bridgehead atoms. The number of anilines is 1. The molecule has 3 aromatic heterocycles. The Bertz CT molecular complexity index is 1540. The van der Waals surface area contributed by atoms with E-state index in [2.05, 4.69) is 20.6 Å². The normalized spacial score (nSPS) is 21.7. The molecule has 0 unspecified atom stereocenters. The number of pyridine rings is 1. The number of hydrogen-bond donors (Lipinski definition) is 1. The van der Waals surface area contributed by atoms with E-state index in [4.69, 9.17) is 4.42 Å². The van der Waals surface area contributed by atoms with Crippen molar-refractivity contribution in [1.82, 2.24) is 25.1 Å². The molecular formula is C27H25F5N6O2. The second-order valence-corrected chi connectivity index (χ2v) is 10.3. The first kappa shape index (κ1) is 26.2. The number of alkyl halides is 3. The molecule has 2 aliphatic rings. The number of carbonyl (C=O) groups excluding carboxylic acids is 1. The monoisotopic (exact) mass is 560 g/mol. The predicted molar refractivity (Wildman–Crippen MR) is 133 cm³/mol. The Morgan fingerprint density at radius 3 is 2.58 bits per heavy atom.